The van der Waals surface area contributed by atoms with Crippen LogP contribution in [-0.4, -0.2) is 37.7 Å². The predicted molar refractivity (Wildman–Crippen MR) is 129 cm³/mol. The third-order valence-corrected chi connectivity index (χ3v) is 5.52. The molecule has 1 aliphatic rings. The molecule has 0 radical (unpaired) electrons. The summed E-state index contributed by atoms with van der Waals surface area (Å²) in [4.78, 5) is 31.7. The summed E-state index contributed by atoms with van der Waals surface area (Å²) in [5.74, 6) is -0.580. The fourth-order valence-corrected chi connectivity index (χ4v) is 3.77. The Kier molecular flexibility index (Phi) is 6.42. The topological polar surface area (TPSA) is 73.8 Å². The molecule has 4 rings (SSSR count). The van der Waals surface area contributed by atoms with Gasteiger partial charge in [0.25, 0.3) is 0 Å². The number of para-hydroxylation sites is 1. The summed E-state index contributed by atoms with van der Waals surface area (Å²) in [6.07, 6.45) is 0. The molecule has 6 nitrogen and oxygen atoms in total. The molecule has 32 heavy (non-hydrogen) atoms. The number of amides is 2. The van der Waals surface area contributed by atoms with Gasteiger partial charge in [-0.3, -0.25) is 14.6 Å². The molecule has 2 N–H and O–H groups in total. The van der Waals surface area contributed by atoms with Crippen molar-refractivity contribution in [3.63, 3.8) is 0 Å². The molecule has 6 heteroatoms. The van der Waals surface area contributed by atoms with E-state index >= 15 is 0 Å². The van der Waals surface area contributed by atoms with Crippen LogP contribution in [0.15, 0.2) is 83.9 Å². The Morgan fingerprint density at radius 1 is 1.00 bits per heavy atom. The zero-order valence-electron chi connectivity index (χ0n) is 18.2. The Morgan fingerprint density at radius 2 is 1.69 bits per heavy atom. The van der Waals surface area contributed by atoms with Crippen LogP contribution < -0.4 is 15.5 Å². The van der Waals surface area contributed by atoms with Gasteiger partial charge in [0.15, 0.2) is 0 Å². The van der Waals surface area contributed by atoms with Crippen LogP contribution in [0.4, 0.5) is 17.1 Å². The van der Waals surface area contributed by atoms with E-state index in [0.29, 0.717) is 12.3 Å². The Balaban J connectivity index is 1.68. The van der Waals surface area contributed by atoms with Crippen LogP contribution in [0, 0.1) is 0 Å². The maximum atomic E-state index is 12.9. The summed E-state index contributed by atoms with van der Waals surface area (Å²) < 4.78 is 0. The number of rotatable bonds is 7. The number of likely N-dealkylation sites (N-methyl/N-ethyl adjacent to an activating group) is 2. The lowest BCUT2D eigenvalue weighted by Crippen LogP contribution is -2.35. The molecular weight excluding hydrogens is 400 g/mol. The van der Waals surface area contributed by atoms with Gasteiger partial charge in [0, 0.05) is 18.4 Å². The maximum Gasteiger partial charge on any atom is 0.240 e. The second-order valence-electron chi connectivity index (χ2n) is 7.62. The van der Waals surface area contributed by atoms with Gasteiger partial charge < -0.3 is 15.5 Å². The lowest BCUT2D eigenvalue weighted by molar-refractivity contribution is -0.117. The highest BCUT2D eigenvalue weighted by molar-refractivity contribution is 6.24. The number of hydrogen-bond acceptors (Lipinski definition) is 4. The number of aliphatic imine (C=N–C) groups is 1. The lowest BCUT2D eigenvalue weighted by Gasteiger charge is -2.18. The smallest absolute Gasteiger partial charge is 0.240 e. The SMILES string of the molecule is CCNCC(=O)N(C)c1ccc(N=C(c2ccccc2)C2C(=O)Nc3ccccc32)cc1. The van der Waals surface area contributed by atoms with E-state index in [1.165, 1.54) is 0 Å². The number of carbonyl (C=O) groups is 2. The number of benzene rings is 3. The third-order valence-electron chi connectivity index (χ3n) is 5.52. The molecule has 0 saturated heterocycles. The molecule has 1 unspecified atom stereocenters. The first-order chi connectivity index (χ1) is 15.6. The average molecular weight is 427 g/mol. The van der Waals surface area contributed by atoms with Crippen LogP contribution in [0.2, 0.25) is 0 Å². The van der Waals surface area contributed by atoms with Crippen molar-refractivity contribution in [2.75, 3.05) is 30.4 Å². The van der Waals surface area contributed by atoms with Crippen molar-refractivity contribution in [3.8, 4) is 0 Å². The van der Waals surface area contributed by atoms with Crippen LogP contribution in [-0.2, 0) is 9.59 Å². The molecule has 0 saturated carbocycles. The van der Waals surface area contributed by atoms with E-state index in [-0.39, 0.29) is 11.8 Å². The first kappa shape index (κ1) is 21.5. The van der Waals surface area contributed by atoms with Gasteiger partial charge in [-0.1, -0.05) is 55.5 Å². The van der Waals surface area contributed by atoms with Crippen molar-refractivity contribution in [2.45, 2.75) is 12.8 Å². The molecule has 1 aliphatic heterocycles. The predicted octanol–water partition coefficient (Wildman–Crippen LogP) is 4.12. The molecule has 3 aromatic rings. The molecule has 162 valence electrons. The first-order valence-corrected chi connectivity index (χ1v) is 10.7. The number of nitrogens with zero attached hydrogens (tertiary/aromatic N) is 2. The minimum atomic E-state index is -0.488. The lowest BCUT2D eigenvalue weighted by atomic mass is 9.90. The number of anilines is 2. The van der Waals surface area contributed by atoms with Crippen LogP contribution in [0.5, 0.6) is 0 Å². The van der Waals surface area contributed by atoms with Gasteiger partial charge in [-0.15, -0.1) is 0 Å². The quantitative estimate of drug-likeness (QED) is 0.558. The molecule has 1 atom stereocenters. The summed E-state index contributed by atoms with van der Waals surface area (Å²) in [6.45, 7) is 3.00. The van der Waals surface area contributed by atoms with Crippen LogP contribution in [0.1, 0.15) is 24.0 Å². The molecule has 0 aromatic heterocycles. The van der Waals surface area contributed by atoms with Crippen molar-refractivity contribution in [3.05, 3.63) is 90.0 Å². The van der Waals surface area contributed by atoms with Gasteiger partial charge in [-0.05, 0) is 48.0 Å². The molecule has 3 aromatic carbocycles. The summed E-state index contributed by atoms with van der Waals surface area (Å²) in [6, 6.07) is 25.0. The highest BCUT2D eigenvalue weighted by Gasteiger charge is 2.35. The van der Waals surface area contributed by atoms with E-state index in [4.69, 9.17) is 4.99 Å². The Morgan fingerprint density at radius 3 is 2.41 bits per heavy atom. The van der Waals surface area contributed by atoms with Gasteiger partial charge in [-0.25, -0.2) is 0 Å². The summed E-state index contributed by atoms with van der Waals surface area (Å²) in [5.41, 5.74) is 4.84. The zero-order chi connectivity index (χ0) is 22.5. The van der Waals surface area contributed by atoms with Crippen molar-refractivity contribution in [2.24, 2.45) is 4.99 Å². The van der Waals surface area contributed by atoms with Crippen molar-refractivity contribution < 1.29 is 9.59 Å². The normalized spacial score (nSPS) is 15.2. The van der Waals surface area contributed by atoms with Gasteiger partial charge in [-0.2, -0.15) is 0 Å². The van der Waals surface area contributed by atoms with Crippen LogP contribution in [0.3, 0.4) is 0 Å². The highest BCUT2D eigenvalue weighted by atomic mass is 16.2. The number of hydrogen-bond donors (Lipinski definition) is 2. The van der Waals surface area contributed by atoms with Crippen LogP contribution >= 0.6 is 0 Å². The molecular formula is C26H26N4O2. The minimum Gasteiger partial charge on any atom is -0.325 e. The monoisotopic (exact) mass is 426 g/mol. The van der Waals surface area contributed by atoms with E-state index in [1.54, 1.807) is 11.9 Å². The second kappa shape index (κ2) is 9.58. The number of carbonyl (C=O) groups excluding carboxylic acids is 2. The molecule has 2 amide bonds. The molecule has 0 aliphatic carbocycles. The fourth-order valence-electron chi connectivity index (χ4n) is 3.77. The van der Waals surface area contributed by atoms with Crippen molar-refractivity contribution >= 4 is 34.6 Å². The molecule has 0 bridgehead atoms. The summed E-state index contributed by atoms with van der Waals surface area (Å²) in [5, 5.41) is 6.01. The second-order valence-corrected chi connectivity index (χ2v) is 7.62. The minimum absolute atomic E-state index is 0.00712. The summed E-state index contributed by atoms with van der Waals surface area (Å²) in [7, 11) is 1.76. The third kappa shape index (κ3) is 4.45. The number of nitrogens with one attached hydrogen (secondary N) is 2. The maximum absolute atomic E-state index is 12.9. The standard InChI is InChI=1S/C26H26N4O2/c1-3-27-17-23(31)30(2)20-15-13-19(14-16-20)28-25(18-9-5-4-6-10-18)24-21-11-7-8-12-22(21)29-26(24)32/h4-16,24,27H,3,17H2,1-2H3,(H,29,32). The van der Waals surface area contributed by atoms with E-state index in [0.717, 1.165) is 34.7 Å². The van der Waals surface area contributed by atoms with Crippen molar-refractivity contribution in [1.29, 1.82) is 0 Å². The van der Waals surface area contributed by atoms with E-state index < -0.39 is 5.92 Å². The van der Waals surface area contributed by atoms with Crippen LogP contribution in [0.25, 0.3) is 0 Å². The van der Waals surface area contributed by atoms with Gasteiger partial charge in [0.05, 0.1) is 17.9 Å². The van der Waals surface area contributed by atoms with Gasteiger partial charge >= 0.3 is 0 Å². The largest absolute Gasteiger partial charge is 0.325 e. The Labute approximate surface area is 188 Å². The molecule has 0 spiro atoms. The first-order valence-electron chi connectivity index (χ1n) is 10.7. The average Bonchev–Trinajstić information content (AvgIpc) is 3.17. The van der Waals surface area contributed by atoms with E-state index in [2.05, 4.69) is 10.6 Å². The summed E-state index contributed by atoms with van der Waals surface area (Å²) >= 11 is 0. The fraction of sp³-hybridized carbons (Fsp3) is 0.192. The molecule has 0 fully saturated rings. The van der Waals surface area contributed by atoms with E-state index in [1.807, 2.05) is 85.8 Å². The van der Waals surface area contributed by atoms with Gasteiger partial charge in [0.2, 0.25) is 11.8 Å². The Hall–Kier alpha value is -3.77. The van der Waals surface area contributed by atoms with E-state index in [9.17, 15) is 9.59 Å². The molecule has 1 heterocycles. The van der Waals surface area contributed by atoms with Gasteiger partial charge in [0.1, 0.15) is 5.92 Å². The number of fused-ring (bicyclic) bond motifs is 1. The Bertz CT molecular complexity index is 1140. The zero-order valence-corrected chi connectivity index (χ0v) is 18.2. The highest BCUT2D eigenvalue weighted by Crippen LogP contribution is 2.36. The van der Waals surface area contributed by atoms with Crippen molar-refractivity contribution in [1.82, 2.24) is 5.32 Å².